The summed E-state index contributed by atoms with van der Waals surface area (Å²) in [5.74, 6) is 6.47. The maximum atomic E-state index is 11.8. The highest BCUT2D eigenvalue weighted by molar-refractivity contribution is 5.97. The van der Waals surface area contributed by atoms with Crippen molar-refractivity contribution in [3.63, 3.8) is 0 Å². The molecular weight excluding hydrogens is 272 g/mol. The smallest absolute Gasteiger partial charge is 0.226 e. The number of hydrogen-bond donors (Lipinski definition) is 2. The molecule has 3 nitrogen and oxygen atoms in total. The van der Waals surface area contributed by atoms with Crippen molar-refractivity contribution in [2.24, 2.45) is 0 Å². The number of rotatable bonds is 1. The number of anilines is 2. The zero-order chi connectivity index (χ0) is 15.4. The third-order valence-electron chi connectivity index (χ3n) is 3.58. The molecule has 3 rings (SSSR count). The predicted molar refractivity (Wildman–Crippen MR) is 89.8 cm³/mol. The molecule has 1 aliphatic heterocycles. The first-order valence-corrected chi connectivity index (χ1v) is 7.44. The molecule has 1 heterocycles. The van der Waals surface area contributed by atoms with Gasteiger partial charge in [0.15, 0.2) is 0 Å². The van der Waals surface area contributed by atoms with E-state index in [0.717, 1.165) is 16.9 Å². The Morgan fingerprint density at radius 1 is 1.14 bits per heavy atom. The van der Waals surface area contributed by atoms with Gasteiger partial charge in [-0.3, -0.25) is 4.79 Å². The van der Waals surface area contributed by atoms with Crippen LogP contribution in [0.1, 0.15) is 24.5 Å². The lowest BCUT2D eigenvalue weighted by molar-refractivity contribution is -0.116. The molecular formula is C19H18N2O. The van der Waals surface area contributed by atoms with Crippen LogP contribution < -0.4 is 10.6 Å². The third kappa shape index (κ3) is 3.29. The van der Waals surface area contributed by atoms with E-state index in [2.05, 4.69) is 34.6 Å². The highest BCUT2D eigenvalue weighted by Crippen LogP contribution is 2.29. The summed E-state index contributed by atoms with van der Waals surface area (Å²) in [5.41, 5.74) is 3.84. The topological polar surface area (TPSA) is 41.1 Å². The molecule has 0 radical (unpaired) electrons. The minimum absolute atomic E-state index is 0.0353. The molecule has 0 fully saturated rings. The summed E-state index contributed by atoms with van der Waals surface area (Å²) in [6.45, 7) is 2.00. The van der Waals surface area contributed by atoms with E-state index in [1.165, 1.54) is 5.56 Å². The van der Waals surface area contributed by atoms with Gasteiger partial charge < -0.3 is 10.6 Å². The van der Waals surface area contributed by atoms with Crippen LogP contribution in [0.15, 0.2) is 48.5 Å². The number of benzene rings is 2. The maximum absolute atomic E-state index is 11.8. The Bertz CT molecular complexity index is 741. The van der Waals surface area contributed by atoms with E-state index < -0.39 is 0 Å². The van der Waals surface area contributed by atoms with Crippen molar-refractivity contribution >= 4 is 17.3 Å². The van der Waals surface area contributed by atoms with Crippen LogP contribution in [-0.4, -0.2) is 11.9 Å². The number of fused-ring (bicyclic) bond motifs is 1. The van der Waals surface area contributed by atoms with E-state index in [0.29, 0.717) is 12.8 Å². The predicted octanol–water partition coefficient (Wildman–Crippen LogP) is 3.42. The maximum Gasteiger partial charge on any atom is 0.226 e. The van der Waals surface area contributed by atoms with E-state index >= 15 is 0 Å². The zero-order valence-corrected chi connectivity index (χ0v) is 12.5. The van der Waals surface area contributed by atoms with Crippen molar-refractivity contribution in [2.45, 2.75) is 25.8 Å². The van der Waals surface area contributed by atoms with Crippen LogP contribution in [0.2, 0.25) is 0 Å². The Morgan fingerprint density at radius 2 is 1.95 bits per heavy atom. The first-order chi connectivity index (χ1) is 10.7. The number of para-hydroxylation sites is 1. The van der Waals surface area contributed by atoms with Crippen LogP contribution >= 0.6 is 0 Å². The number of amides is 1. The lowest BCUT2D eigenvalue weighted by Gasteiger charge is -2.13. The van der Waals surface area contributed by atoms with Crippen molar-refractivity contribution in [3.05, 3.63) is 59.7 Å². The minimum Gasteiger partial charge on any atom is -0.379 e. The second-order valence-corrected chi connectivity index (χ2v) is 5.49. The lowest BCUT2D eigenvalue weighted by atomic mass is 10.1. The highest BCUT2D eigenvalue weighted by Gasteiger charge is 2.18. The van der Waals surface area contributed by atoms with Crippen LogP contribution in [0.25, 0.3) is 0 Å². The normalized spacial score (nSPS) is 16.4. The van der Waals surface area contributed by atoms with Gasteiger partial charge in [0.05, 0.1) is 11.4 Å². The summed E-state index contributed by atoms with van der Waals surface area (Å²) in [7, 11) is 0. The zero-order valence-electron chi connectivity index (χ0n) is 12.5. The highest BCUT2D eigenvalue weighted by atomic mass is 16.1. The van der Waals surface area contributed by atoms with E-state index in [1.807, 2.05) is 43.3 Å². The van der Waals surface area contributed by atoms with Crippen LogP contribution in [-0.2, 0) is 11.2 Å². The Balaban J connectivity index is 1.86. The Labute approximate surface area is 130 Å². The Hall–Kier alpha value is -2.73. The molecule has 0 bridgehead atoms. The molecule has 0 aromatic heterocycles. The number of hydrogen-bond acceptors (Lipinski definition) is 2. The van der Waals surface area contributed by atoms with E-state index in [1.54, 1.807) is 0 Å². The standard InChI is InChI=1S/C19H18N2O/c1-14-13-18(22)21-17-12-6-11-16(19(17)20-14)10-5-9-15-7-3-2-4-8-15/h2-4,6-8,11-12,14,20H,9,13H2,1H3,(H,21,22)/t14-/m1/s1. The van der Waals surface area contributed by atoms with E-state index in [4.69, 9.17) is 0 Å². The van der Waals surface area contributed by atoms with Crippen molar-refractivity contribution in [1.29, 1.82) is 0 Å². The van der Waals surface area contributed by atoms with Gasteiger partial charge in [0.1, 0.15) is 0 Å². The van der Waals surface area contributed by atoms with Crippen molar-refractivity contribution in [2.75, 3.05) is 10.6 Å². The van der Waals surface area contributed by atoms with Crippen molar-refractivity contribution in [3.8, 4) is 11.8 Å². The molecule has 0 spiro atoms. The summed E-state index contributed by atoms with van der Waals surface area (Å²) < 4.78 is 0. The van der Waals surface area contributed by atoms with Gasteiger partial charge in [-0.2, -0.15) is 0 Å². The third-order valence-corrected chi connectivity index (χ3v) is 3.58. The fourth-order valence-electron chi connectivity index (χ4n) is 2.53. The van der Waals surface area contributed by atoms with Crippen molar-refractivity contribution in [1.82, 2.24) is 0 Å². The Kier molecular flexibility index (Phi) is 4.11. The molecule has 22 heavy (non-hydrogen) atoms. The molecule has 110 valence electrons. The van der Waals surface area contributed by atoms with Gasteiger partial charge in [0.2, 0.25) is 5.91 Å². The number of nitrogens with one attached hydrogen (secondary N) is 2. The van der Waals surface area contributed by atoms with E-state index in [9.17, 15) is 4.79 Å². The van der Waals surface area contributed by atoms with E-state index in [-0.39, 0.29) is 11.9 Å². The molecule has 1 atom stereocenters. The first kappa shape index (κ1) is 14.2. The summed E-state index contributed by atoms with van der Waals surface area (Å²) in [5, 5.41) is 6.32. The fourth-order valence-corrected chi connectivity index (χ4v) is 2.53. The fraction of sp³-hybridized carbons (Fsp3) is 0.211. The van der Waals surface area contributed by atoms with Gasteiger partial charge in [-0.05, 0) is 24.6 Å². The number of carbonyl (C=O) groups excluding carboxylic acids is 1. The average molecular weight is 290 g/mol. The molecule has 2 N–H and O–H groups in total. The first-order valence-electron chi connectivity index (χ1n) is 7.44. The monoisotopic (exact) mass is 290 g/mol. The Morgan fingerprint density at radius 3 is 2.77 bits per heavy atom. The molecule has 0 saturated carbocycles. The SMILES string of the molecule is C[C@@H]1CC(=O)Nc2cccc(C#CCc3ccccc3)c2N1. The van der Waals surface area contributed by atoms with Crippen LogP contribution in [0.3, 0.4) is 0 Å². The lowest BCUT2D eigenvalue weighted by Crippen LogP contribution is -2.19. The molecule has 0 unspecified atom stereocenters. The van der Waals surface area contributed by atoms with Gasteiger partial charge in [-0.1, -0.05) is 48.2 Å². The molecule has 2 aromatic rings. The quantitative estimate of drug-likeness (QED) is 0.790. The van der Waals surface area contributed by atoms with Crippen LogP contribution in [0.4, 0.5) is 11.4 Å². The second kappa shape index (κ2) is 6.36. The summed E-state index contributed by atoms with van der Waals surface area (Å²) in [6.07, 6.45) is 1.18. The molecule has 2 aromatic carbocycles. The summed E-state index contributed by atoms with van der Waals surface area (Å²) in [6, 6.07) is 16.1. The van der Waals surface area contributed by atoms with Gasteiger partial charge >= 0.3 is 0 Å². The average Bonchev–Trinajstić information content (AvgIpc) is 2.65. The van der Waals surface area contributed by atoms with Crippen LogP contribution in [0.5, 0.6) is 0 Å². The molecule has 1 aliphatic rings. The molecule has 1 amide bonds. The molecule has 0 aliphatic carbocycles. The van der Waals surface area contributed by atoms with Gasteiger partial charge in [-0.25, -0.2) is 0 Å². The summed E-state index contributed by atoms with van der Waals surface area (Å²) in [4.78, 5) is 11.8. The van der Waals surface area contributed by atoms with Gasteiger partial charge in [-0.15, -0.1) is 0 Å². The van der Waals surface area contributed by atoms with Crippen LogP contribution in [0, 0.1) is 11.8 Å². The molecule has 3 heteroatoms. The van der Waals surface area contributed by atoms with Gasteiger partial charge in [0.25, 0.3) is 0 Å². The summed E-state index contributed by atoms with van der Waals surface area (Å²) >= 11 is 0. The van der Waals surface area contributed by atoms with Crippen molar-refractivity contribution < 1.29 is 4.79 Å². The molecule has 0 saturated heterocycles. The second-order valence-electron chi connectivity index (χ2n) is 5.49. The number of carbonyl (C=O) groups is 1. The minimum atomic E-state index is 0.0353. The van der Waals surface area contributed by atoms with Gasteiger partial charge in [0, 0.05) is 24.4 Å². The largest absolute Gasteiger partial charge is 0.379 e.